The molecule has 1 fully saturated rings. The minimum atomic E-state index is 0.185. The van der Waals surface area contributed by atoms with Gasteiger partial charge >= 0.3 is 0 Å². The summed E-state index contributed by atoms with van der Waals surface area (Å²) < 4.78 is 5.43. The third-order valence-electron chi connectivity index (χ3n) is 3.71. The average molecular weight is 277 g/mol. The Kier molecular flexibility index (Phi) is 4.86. The maximum atomic E-state index is 5.43. The van der Waals surface area contributed by atoms with Gasteiger partial charge in [-0.05, 0) is 51.7 Å². The van der Waals surface area contributed by atoms with Crippen molar-refractivity contribution in [3.8, 4) is 5.75 Å². The van der Waals surface area contributed by atoms with E-state index < -0.39 is 0 Å². The number of piperidine rings is 1. The van der Waals surface area contributed by atoms with Crippen LogP contribution >= 0.6 is 0 Å². The van der Waals surface area contributed by atoms with Gasteiger partial charge in [0.1, 0.15) is 0 Å². The van der Waals surface area contributed by atoms with E-state index in [0.717, 1.165) is 31.2 Å². The number of hydrogen-bond donors (Lipinski definition) is 1. The number of nitrogens with zero attached hydrogens (tertiary/aromatic N) is 2. The van der Waals surface area contributed by atoms with Crippen LogP contribution in [0.4, 0.5) is 5.82 Å². The molecule has 4 nitrogen and oxygen atoms in total. The smallest absolute Gasteiger partial charge is 0.171 e. The minimum absolute atomic E-state index is 0.185. The van der Waals surface area contributed by atoms with Gasteiger partial charge in [0, 0.05) is 31.4 Å². The van der Waals surface area contributed by atoms with E-state index in [1.165, 1.54) is 12.8 Å². The Hall–Kier alpha value is -1.29. The number of rotatable bonds is 4. The number of aromatic nitrogens is 1. The molecule has 2 heterocycles. The summed E-state index contributed by atoms with van der Waals surface area (Å²) in [6, 6.07) is 3.91. The van der Waals surface area contributed by atoms with Gasteiger partial charge in [0.25, 0.3) is 0 Å². The molecule has 0 aromatic carbocycles. The summed E-state index contributed by atoms with van der Waals surface area (Å²) in [6.07, 6.45) is 4.35. The van der Waals surface area contributed by atoms with Gasteiger partial charge in [0.05, 0.1) is 7.11 Å². The van der Waals surface area contributed by atoms with Crippen LogP contribution in [0.15, 0.2) is 18.3 Å². The van der Waals surface area contributed by atoms with E-state index in [4.69, 9.17) is 4.74 Å². The number of anilines is 1. The van der Waals surface area contributed by atoms with Crippen LogP contribution in [0.25, 0.3) is 0 Å². The molecule has 0 aliphatic carbocycles. The van der Waals surface area contributed by atoms with Crippen LogP contribution in [0, 0.1) is 5.92 Å². The first-order valence-corrected chi connectivity index (χ1v) is 7.48. The Bertz CT molecular complexity index is 428. The zero-order valence-electron chi connectivity index (χ0n) is 13.1. The summed E-state index contributed by atoms with van der Waals surface area (Å²) in [5.41, 5.74) is 0.185. The van der Waals surface area contributed by atoms with Crippen molar-refractivity contribution in [1.82, 2.24) is 10.3 Å². The quantitative estimate of drug-likeness (QED) is 0.918. The maximum absolute atomic E-state index is 5.43. The van der Waals surface area contributed by atoms with E-state index in [1.54, 1.807) is 7.11 Å². The van der Waals surface area contributed by atoms with Crippen LogP contribution in [0.3, 0.4) is 0 Å². The lowest BCUT2D eigenvalue weighted by Gasteiger charge is -2.35. The Morgan fingerprint density at radius 2 is 2.25 bits per heavy atom. The molecule has 4 heteroatoms. The van der Waals surface area contributed by atoms with Gasteiger partial charge in [-0.15, -0.1) is 0 Å². The summed E-state index contributed by atoms with van der Waals surface area (Å²) >= 11 is 0. The molecule has 1 N–H and O–H groups in total. The number of hydrogen-bond acceptors (Lipinski definition) is 4. The molecule has 0 spiro atoms. The summed E-state index contributed by atoms with van der Waals surface area (Å²) in [6.45, 7) is 9.84. The Morgan fingerprint density at radius 1 is 1.45 bits per heavy atom. The normalized spacial score (nSPS) is 20.0. The second-order valence-electron chi connectivity index (χ2n) is 6.61. The maximum Gasteiger partial charge on any atom is 0.171 e. The summed E-state index contributed by atoms with van der Waals surface area (Å²) in [5, 5.41) is 3.61. The third kappa shape index (κ3) is 4.10. The fourth-order valence-corrected chi connectivity index (χ4v) is 2.65. The van der Waals surface area contributed by atoms with E-state index in [0.29, 0.717) is 5.92 Å². The van der Waals surface area contributed by atoms with Crippen LogP contribution in [-0.4, -0.2) is 37.3 Å². The van der Waals surface area contributed by atoms with Crippen LogP contribution < -0.4 is 15.0 Å². The fraction of sp³-hybridized carbons (Fsp3) is 0.688. The molecule has 0 amide bonds. The molecular weight excluding hydrogens is 250 g/mol. The summed E-state index contributed by atoms with van der Waals surface area (Å²) in [5.74, 6) is 2.53. The molecule has 20 heavy (non-hydrogen) atoms. The van der Waals surface area contributed by atoms with E-state index in [2.05, 4.69) is 36.0 Å². The average Bonchev–Trinajstić information content (AvgIpc) is 2.45. The first-order chi connectivity index (χ1) is 9.49. The van der Waals surface area contributed by atoms with Gasteiger partial charge in [0.15, 0.2) is 11.6 Å². The zero-order valence-corrected chi connectivity index (χ0v) is 13.1. The lowest BCUT2D eigenvalue weighted by molar-refractivity contribution is 0.332. The van der Waals surface area contributed by atoms with Crippen molar-refractivity contribution < 1.29 is 4.74 Å². The summed E-state index contributed by atoms with van der Waals surface area (Å²) in [4.78, 5) is 6.86. The highest BCUT2D eigenvalue weighted by molar-refractivity contribution is 5.52. The molecule has 1 unspecified atom stereocenters. The van der Waals surface area contributed by atoms with Crippen LogP contribution in [0.5, 0.6) is 5.75 Å². The van der Waals surface area contributed by atoms with Gasteiger partial charge in [-0.2, -0.15) is 0 Å². The molecular formula is C16H27N3O. The van der Waals surface area contributed by atoms with Crippen molar-refractivity contribution in [1.29, 1.82) is 0 Å². The second-order valence-corrected chi connectivity index (χ2v) is 6.61. The zero-order chi connectivity index (χ0) is 14.6. The van der Waals surface area contributed by atoms with Crippen molar-refractivity contribution in [2.24, 2.45) is 5.92 Å². The monoisotopic (exact) mass is 277 g/mol. The molecule has 112 valence electrons. The molecule has 1 atom stereocenters. The lowest BCUT2D eigenvalue weighted by atomic mass is 9.96. The standard InChI is InChI=1S/C16H27N3O/c1-16(2,3)18-11-13-7-6-10-19(12-13)15-14(20-4)8-5-9-17-15/h5,8-9,13,18H,6-7,10-12H2,1-4H3. The summed E-state index contributed by atoms with van der Waals surface area (Å²) in [7, 11) is 1.71. The third-order valence-corrected chi connectivity index (χ3v) is 3.71. The van der Waals surface area contributed by atoms with Gasteiger partial charge in [-0.1, -0.05) is 0 Å². The number of methoxy groups -OCH3 is 1. The van der Waals surface area contributed by atoms with Crippen molar-refractivity contribution >= 4 is 5.82 Å². The SMILES string of the molecule is COc1cccnc1N1CCCC(CNC(C)(C)C)C1. The highest BCUT2D eigenvalue weighted by Crippen LogP contribution is 2.29. The van der Waals surface area contributed by atoms with Gasteiger partial charge < -0.3 is 15.0 Å². The molecule has 1 aliphatic rings. The van der Waals surface area contributed by atoms with E-state index in [1.807, 2.05) is 18.3 Å². The number of nitrogens with one attached hydrogen (secondary N) is 1. The minimum Gasteiger partial charge on any atom is -0.493 e. The molecule has 0 saturated carbocycles. The molecule has 1 aromatic rings. The Balaban J connectivity index is 1.99. The Morgan fingerprint density at radius 3 is 2.95 bits per heavy atom. The number of ether oxygens (including phenoxy) is 1. The van der Waals surface area contributed by atoms with Crippen LogP contribution in [0.1, 0.15) is 33.6 Å². The van der Waals surface area contributed by atoms with E-state index in [9.17, 15) is 0 Å². The van der Waals surface area contributed by atoms with Crippen LogP contribution in [0.2, 0.25) is 0 Å². The largest absolute Gasteiger partial charge is 0.493 e. The first kappa shape index (κ1) is 15.1. The first-order valence-electron chi connectivity index (χ1n) is 7.48. The second kappa shape index (κ2) is 6.44. The van der Waals surface area contributed by atoms with E-state index in [-0.39, 0.29) is 5.54 Å². The highest BCUT2D eigenvalue weighted by Gasteiger charge is 2.24. The predicted molar refractivity (Wildman–Crippen MR) is 83.5 cm³/mol. The molecule has 0 radical (unpaired) electrons. The molecule has 2 rings (SSSR count). The van der Waals surface area contributed by atoms with Crippen molar-refractivity contribution in [2.45, 2.75) is 39.2 Å². The highest BCUT2D eigenvalue weighted by atomic mass is 16.5. The number of pyridine rings is 1. The van der Waals surface area contributed by atoms with E-state index >= 15 is 0 Å². The van der Waals surface area contributed by atoms with Crippen LogP contribution in [-0.2, 0) is 0 Å². The fourth-order valence-electron chi connectivity index (χ4n) is 2.65. The van der Waals surface area contributed by atoms with Crippen molar-refractivity contribution in [3.05, 3.63) is 18.3 Å². The van der Waals surface area contributed by atoms with Gasteiger partial charge in [-0.25, -0.2) is 4.98 Å². The topological polar surface area (TPSA) is 37.4 Å². The molecule has 1 aromatic heterocycles. The van der Waals surface area contributed by atoms with Crippen molar-refractivity contribution in [2.75, 3.05) is 31.6 Å². The predicted octanol–water partition coefficient (Wildman–Crippen LogP) is 2.69. The molecule has 0 bridgehead atoms. The van der Waals surface area contributed by atoms with Gasteiger partial charge in [-0.3, -0.25) is 0 Å². The molecule has 1 saturated heterocycles. The van der Waals surface area contributed by atoms with Gasteiger partial charge in [0.2, 0.25) is 0 Å². The Labute approximate surface area is 122 Å². The molecule has 1 aliphatic heterocycles. The lowest BCUT2D eigenvalue weighted by Crippen LogP contribution is -2.45. The van der Waals surface area contributed by atoms with Crippen molar-refractivity contribution in [3.63, 3.8) is 0 Å².